The predicted octanol–water partition coefficient (Wildman–Crippen LogP) is 37.9. The van der Waals surface area contributed by atoms with Crippen molar-refractivity contribution in [2.45, 2.75) is 0 Å². The quantitative estimate of drug-likeness (QED) is 0.138. The van der Waals surface area contributed by atoms with E-state index in [4.69, 9.17) is 0 Å². The summed E-state index contributed by atoms with van der Waals surface area (Å²) in [4.78, 5) is 0. The molecule has 0 N–H and O–H groups in total. The Morgan fingerprint density at radius 3 is 0.685 bits per heavy atom. The minimum absolute atomic E-state index is 1.15. The molecule has 0 bridgehead atoms. The molecule has 0 aliphatic heterocycles. The van der Waals surface area contributed by atoms with Crippen molar-refractivity contribution in [2.24, 2.45) is 0 Å². The number of rotatable bonds is 9. The molecule has 6 nitrogen and oxygen atoms in total. The zero-order chi connectivity index (χ0) is 95.7. The first-order valence-electron chi connectivity index (χ1n) is 50.4. The number of fused-ring (bicyclic) bond motifs is 38. The van der Waals surface area contributed by atoms with Gasteiger partial charge in [0, 0.05) is 115 Å². The average Bonchev–Trinajstić information content (AvgIpc) is 1.53. The van der Waals surface area contributed by atoms with E-state index in [0.717, 1.165) is 28.4 Å². The summed E-state index contributed by atoms with van der Waals surface area (Å²) in [6.45, 7) is 0. The van der Waals surface area contributed by atoms with Gasteiger partial charge in [-0.15, -0.1) is 0 Å². The zero-order valence-electron chi connectivity index (χ0n) is 79.5. The normalized spacial score (nSPS) is 12.0. The highest BCUT2D eigenvalue weighted by atomic mass is 15.0. The predicted molar refractivity (Wildman–Crippen MR) is 622 cm³/mol. The van der Waals surface area contributed by atoms with Crippen molar-refractivity contribution < 1.29 is 0 Å². The van der Waals surface area contributed by atoms with Crippen molar-refractivity contribution in [3.63, 3.8) is 0 Å². The maximum Gasteiger partial charge on any atom is 0.0648 e. The molecule has 32 aromatic rings. The highest BCUT2D eigenvalue weighted by molar-refractivity contribution is 6.43. The monoisotopic (exact) mass is 1850 g/mol. The molecule has 146 heavy (non-hydrogen) atoms. The van der Waals surface area contributed by atoms with Crippen LogP contribution in [0.25, 0.3) is 285 Å². The lowest BCUT2D eigenvalue weighted by Crippen LogP contribution is -1.97. The number of nitrogens with zero attached hydrogens (tertiary/aromatic N) is 6. The molecule has 6 heteroatoms. The fourth-order valence-electron chi connectivity index (χ4n) is 24.7. The van der Waals surface area contributed by atoms with Crippen LogP contribution >= 0.6 is 0 Å². The minimum Gasteiger partial charge on any atom is -0.309 e. The zero-order valence-corrected chi connectivity index (χ0v) is 79.5. The first-order valence-corrected chi connectivity index (χ1v) is 50.4. The van der Waals surface area contributed by atoms with Gasteiger partial charge in [0.2, 0.25) is 0 Å². The number of hydrogen-bond acceptors (Lipinski definition) is 0. The highest BCUT2D eigenvalue weighted by Gasteiger charge is 2.31. The van der Waals surface area contributed by atoms with E-state index in [1.165, 1.54) is 256 Å². The van der Waals surface area contributed by atoms with Crippen LogP contribution in [-0.4, -0.2) is 27.4 Å². The molecule has 0 fully saturated rings. The Labute approximate surface area is 839 Å². The lowest BCUT2D eigenvalue weighted by Gasteiger charge is -2.14. The summed E-state index contributed by atoms with van der Waals surface area (Å²) < 4.78 is 15.0. The summed E-state index contributed by atoms with van der Waals surface area (Å²) in [6.07, 6.45) is 0. The molecule has 0 saturated heterocycles. The van der Waals surface area contributed by atoms with Gasteiger partial charge in [-0.2, -0.15) is 0 Å². The van der Waals surface area contributed by atoms with Gasteiger partial charge in [-0.3, -0.25) is 0 Å². The second-order valence-electron chi connectivity index (χ2n) is 38.7. The lowest BCUT2D eigenvalue weighted by atomic mass is 9.97. The smallest absolute Gasteiger partial charge is 0.0648 e. The SMILES string of the molecule is c1ccc(-c2ccc(-n3c4ccc5ccccc5c4c4c5ccccc5c5c(c6ccccc6n5-c5ccccc5)c43)cc2)cc1.c1ccc(-n2c3ccccc3c3c2c2ccccc2c2c4c5ccccc5ccc4n(-c4ccc(-c5ccc6ccccc6c5)cc4)c23)cc1.c1ccc(-n2c3ccccc3c3c2c2ccccc2c2c4c5ccccc5ccc4n(-c4cccc(-c5ccc6ccccc6c5)c4)c23)cc1. The minimum atomic E-state index is 1.15. The Bertz CT molecular complexity index is 11000. The van der Waals surface area contributed by atoms with Crippen molar-refractivity contribution in [3.05, 3.63) is 534 Å². The molecule has 26 aromatic carbocycles. The van der Waals surface area contributed by atoms with Gasteiger partial charge in [0.1, 0.15) is 0 Å². The molecule has 0 amide bonds. The molecule has 32 rings (SSSR count). The molecule has 0 aliphatic carbocycles. The van der Waals surface area contributed by atoms with Crippen molar-refractivity contribution in [2.75, 3.05) is 0 Å². The van der Waals surface area contributed by atoms with E-state index < -0.39 is 0 Å². The summed E-state index contributed by atoms with van der Waals surface area (Å²) in [7, 11) is 0. The van der Waals surface area contributed by atoms with E-state index in [-0.39, 0.29) is 0 Å². The third kappa shape index (κ3) is 12.6. The van der Waals surface area contributed by atoms with Gasteiger partial charge >= 0.3 is 0 Å². The molecule has 6 heterocycles. The number of aromatic nitrogens is 6. The van der Waals surface area contributed by atoms with Gasteiger partial charge in [0.15, 0.2) is 0 Å². The van der Waals surface area contributed by atoms with Crippen molar-refractivity contribution in [1.29, 1.82) is 0 Å². The van der Waals surface area contributed by atoms with Gasteiger partial charge < -0.3 is 27.4 Å². The molecular weight excluding hydrogens is 1770 g/mol. The topological polar surface area (TPSA) is 29.6 Å². The molecule has 0 aliphatic rings. The first kappa shape index (κ1) is 82.5. The van der Waals surface area contributed by atoms with Crippen LogP contribution in [0.1, 0.15) is 0 Å². The summed E-state index contributed by atoms with van der Waals surface area (Å²) in [5, 5.41) is 35.6. The van der Waals surface area contributed by atoms with Gasteiger partial charge in [-0.05, 0) is 225 Å². The van der Waals surface area contributed by atoms with Crippen LogP contribution in [0.15, 0.2) is 534 Å². The van der Waals surface area contributed by atoms with E-state index in [2.05, 4.69) is 561 Å². The van der Waals surface area contributed by atoms with Crippen molar-refractivity contribution >= 4 is 217 Å². The molecule has 0 spiro atoms. The molecule has 678 valence electrons. The van der Waals surface area contributed by atoms with Crippen LogP contribution in [0.2, 0.25) is 0 Å². The summed E-state index contributed by atoms with van der Waals surface area (Å²) in [6, 6.07) is 195. The Hall–Kier alpha value is -19.4. The third-order valence-corrected chi connectivity index (χ3v) is 30.9. The Balaban J connectivity index is 0.000000102. The van der Waals surface area contributed by atoms with Crippen LogP contribution in [0.4, 0.5) is 0 Å². The lowest BCUT2D eigenvalue weighted by molar-refractivity contribution is 1.18. The van der Waals surface area contributed by atoms with E-state index in [0.29, 0.717) is 0 Å². The number of hydrogen-bond donors (Lipinski definition) is 0. The van der Waals surface area contributed by atoms with Crippen LogP contribution < -0.4 is 0 Å². The second kappa shape index (κ2) is 33.1. The molecule has 0 atom stereocenters. The summed E-state index contributed by atoms with van der Waals surface area (Å²) in [5.41, 5.74) is 29.0. The van der Waals surface area contributed by atoms with E-state index >= 15 is 0 Å². The van der Waals surface area contributed by atoms with E-state index in [9.17, 15) is 0 Å². The molecule has 0 radical (unpaired) electrons. The van der Waals surface area contributed by atoms with Crippen molar-refractivity contribution in [1.82, 2.24) is 27.4 Å². The maximum atomic E-state index is 2.54. The van der Waals surface area contributed by atoms with Crippen LogP contribution in [0.5, 0.6) is 0 Å². The fourth-order valence-corrected chi connectivity index (χ4v) is 24.7. The number of para-hydroxylation sites is 6. The standard InChI is InChI=1S/2C48H30N2.C44H28N2/c1-2-17-36(18-3-1)49-42-24-11-10-23-41(42)46-47(49)40-22-9-8-21-39(40)45-44-38-20-7-6-14-32(38)27-28-43(44)50(48(45)46)37-19-12-16-34(30-37)35-26-25-31-13-4-5-15-33(31)29-35;1-2-15-36(16-3-1)49-42-21-11-10-20-41(42)46-47(49)40-19-9-8-18-39(40)45-44-38-17-7-6-13-33(38)26-29-43(44)50(48(45)46)37-27-24-32(25-28-37)35-23-22-31-12-4-5-14-34(31)30-35;1-3-13-29(14-4-1)30-23-26-33(27-24-30)46-39-28-25-31-15-7-8-18-34(31)40(39)41-35-19-9-10-20-36(35)43-42(44(41)46)37-21-11-12-22-38(37)45(43)32-16-5-2-6-17-32/h2*1-30H;1-28H. The Morgan fingerprint density at radius 2 is 0.322 bits per heavy atom. The molecule has 0 saturated carbocycles. The van der Waals surface area contributed by atoms with Crippen LogP contribution in [0.3, 0.4) is 0 Å². The van der Waals surface area contributed by atoms with Gasteiger partial charge in [-0.25, -0.2) is 0 Å². The Kier molecular flexibility index (Phi) is 18.7. The Morgan fingerprint density at radius 1 is 0.0959 bits per heavy atom. The van der Waals surface area contributed by atoms with Gasteiger partial charge in [0.05, 0.1) is 66.2 Å². The molecular formula is C140H88N6. The summed E-state index contributed by atoms with van der Waals surface area (Å²) in [5.74, 6) is 0. The average molecular weight is 1850 g/mol. The highest BCUT2D eigenvalue weighted by Crippen LogP contribution is 2.54. The van der Waals surface area contributed by atoms with E-state index in [1.807, 2.05) is 0 Å². The second-order valence-corrected chi connectivity index (χ2v) is 38.7. The largest absolute Gasteiger partial charge is 0.309 e. The molecule has 0 unspecified atom stereocenters. The van der Waals surface area contributed by atoms with Gasteiger partial charge in [0.25, 0.3) is 0 Å². The third-order valence-electron chi connectivity index (χ3n) is 30.9. The van der Waals surface area contributed by atoms with Crippen LogP contribution in [-0.2, 0) is 0 Å². The molecule has 6 aromatic heterocycles. The van der Waals surface area contributed by atoms with Crippen LogP contribution in [0, 0.1) is 0 Å². The van der Waals surface area contributed by atoms with E-state index in [1.54, 1.807) is 0 Å². The fraction of sp³-hybridized carbons (Fsp3) is 0. The first-order chi connectivity index (χ1) is 72.5. The van der Waals surface area contributed by atoms with Gasteiger partial charge in [-0.1, -0.05) is 413 Å². The summed E-state index contributed by atoms with van der Waals surface area (Å²) >= 11 is 0. The number of benzene rings is 26. The maximum absolute atomic E-state index is 2.54. The van der Waals surface area contributed by atoms with Crippen molar-refractivity contribution in [3.8, 4) is 67.5 Å².